The van der Waals surface area contributed by atoms with Crippen LogP contribution in [0.5, 0.6) is 0 Å². The third-order valence-electron chi connectivity index (χ3n) is 2.91. The minimum atomic E-state index is -4.20. The van der Waals surface area contributed by atoms with E-state index in [0.717, 1.165) is 16.7 Å². The zero-order valence-electron chi connectivity index (χ0n) is 10.9. The Morgan fingerprint density at radius 3 is 2.20 bits per heavy atom. The van der Waals surface area contributed by atoms with Gasteiger partial charge in [-0.3, -0.25) is 0 Å². The van der Waals surface area contributed by atoms with E-state index in [1.165, 1.54) is 6.33 Å². The number of benzene rings is 1. The van der Waals surface area contributed by atoms with E-state index in [9.17, 15) is 13.2 Å². The average Bonchev–Trinajstić information content (AvgIpc) is 2.45. The highest BCUT2D eigenvalue weighted by Crippen LogP contribution is 2.21. The summed E-state index contributed by atoms with van der Waals surface area (Å²) < 4.78 is 36.4. The number of hydrogen-bond donors (Lipinski definition) is 1. The van der Waals surface area contributed by atoms with Gasteiger partial charge in [0.15, 0.2) is 0 Å². The summed E-state index contributed by atoms with van der Waals surface area (Å²) in [5.74, 6) is 0. The topological polar surface area (TPSA) is 37.8 Å². The molecule has 0 aliphatic heterocycles. The molecule has 106 valence electrons. The molecule has 0 radical (unpaired) electrons. The number of alkyl halides is 3. The highest BCUT2D eigenvalue weighted by Gasteiger charge is 2.27. The first-order valence-electron chi connectivity index (χ1n) is 6.11. The first kappa shape index (κ1) is 14.5. The van der Waals surface area contributed by atoms with Crippen molar-refractivity contribution in [2.75, 3.05) is 6.54 Å². The molecular formula is C14H14F3N3. The van der Waals surface area contributed by atoms with Gasteiger partial charge in [-0.25, -0.2) is 9.97 Å². The molecule has 0 aliphatic rings. The van der Waals surface area contributed by atoms with Gasteiger partial charge in [-0.2, -0.15) is 13.2 Å². The van der Waals surface area contributed by atoms with Gasteiger partial charge in [0, 0.05) is 24.0 Å². The van der Waals surface area contributed by atoms with Crippen molar-refractivity contribution in [3.63, 3.8) is 0 Å². The Morgan fingerprint density at radius 2 is 1.65 bits per heavy atom. The summed E-state index contributed by atoms with van der Waals surface area (Å²) in [7, 11) is 0. The fourth-order valence-corrected chi connectivity index (χ4v) is 1.80. The Morgan fingerprint density at radius 1 is 1.05 bits per heavy atom. The van der Waals surface area contributed by atoms with Crippen LogP contribution in [0.15, 0.2) is 43.0 Å². The van der Waals surface area contributed by atoms with E-state index < -0.39 is 12.7 Å². The quantitative estimate of drug-likeness (QED) is 0.933. The highest BCUT2D eigenvalue weighted by atomic mass is 19.4. The second-order valence-electron chi connectivity index (χ2n) is 4.47. The van der Waals surface area contributed by atoms with Gasteiger partial charge in [-0.05, 0) is 18.1 Å². The maximum Gasteiger partial charge on any atom is 0.401 e. The molecular weight excluding hydrogens is 267 g/mol. The van der Waals surface area contributed by atoms with Crippen LogP contribution in [0.1, 0.15) is 18.5 Å². The Kier molecular flexibility index (Phi) is 4.34. The van der Waals surface area contributed by atoms with Crippen molar-refractivity contribution in [3.05, 3.63) is 48.5 Å². The molecule has 1 aromatic heterocycles. The molecule has 1 aromatic carbocycles. The summed E-state index contributed by atoms with van der Waals surface area (Å²) >= 11 is 0. The van der Waals surface area contributed by atoms with Crippen LogP contribution < -0.4 is 5.32 Å². The zero-order valence-corrected chi connectivity index (χ0v) is 10.9. The fraction of sp³-hybridized carbons (Fsp3) is 0.286. The number of aromatic nitrogens is 2. The first-order chi connectivity index (χ1) is 9.46. The van der Waals surface area contributed by atoms with Crippen LogP contribution in [-0.2, 0) is 0 Å². The van der Waals surface area contributed by atoms with Crippen molar-refractivity contribution >= 4 is 0 Å². The van der Waals surface area contributed by atoms with Gasteiger partial charge in [-0.1, -0.05) is 24.3 Å². The van der Waals surface area contributed by atoms with E-state index in [4.69, 9.17) is 0 Å². The van der Waals surface area contributed by atoms with Crippen LogP contribution in [0.25, 0.3) is 11.1 Å². The van der Waals surface area contributed by atoms with Crippen molar-refractivity contribution in [1.29, 1.82) is 0 Å². The maximum absolute atomic E-state index is 12.1. The summed E-state index contributed by atoms with van der Waals surface area (Å²) in [4.78, 5) is 7.85. The Labute approximate surface area is 114 Å². The van der Waals surface area contributed by atoms with Crippen molar-refractivity contribution in [2.45, 2.75) is 19.1 Å². The molecule has 20 heavy (non-hydrogen) atoms. The summed E-state index contributed by atoms with van der Waals surface area (Å²) in [5, 5.41) is 2.45. The molecule has 1 atom stereocenters. The van der Waals surface area contributed by atoms with Crippen LogP contribution in [0, 0.1) is 0 Å². The Balaban J connectivity index is 2.05. The normalized spacial score (nSPS) is 13.2. The monoisotopic (exact) mass is 281 g/mol. The molecule has 1 N–H and O–H groups in total. The van der Waals surface area contributed by atoms with Crippen LogP contribution in [-0.4, -0.2) is 22.7 Å². The number of nitrogens with one attached hydrogen (secondary N) is 1. The smallest absolute Gasteiger partial charge is 0.302 e. The van der Waals surface area contributed by atoms with E-state index in [-0.39, 0.29) is 6.04 Å². The van der Waals surface area contributed by atoms with Crippen molar-refractivity contribution in [1.82, 2.24) is 15.3 Å². The lowest BCUT2D eigenvalue weighted by Crippen LogP contribution is -2.30. The minimum Gasteiger partial charge on any atom is -0.302 e. The molecule has 0 amide bonds. The molecule has 1 heterocycles. The second kappa shape index (κ2) is 6.00. The summed E-state index contributed by atoms with van der Waals surface area (Å²) in [5.41, 5.74) is 2.60. The zero-order chi connectivity index (χ0) is 14.6. The lowest BCUT2D eigenvalue weighted by Gasteiger charge is -2.16. The SMILES string of the molecule is C[C@@H](NCC(F)(F)F)c1ccc(-c2cncnc2)cc1. The Bertz CT molecular complexity index is 538. The van der Waals surface area contributed by atoms with Gasteiger partial charge in [0.2, 0.25) is 0 Å². The van der Waals surface area contributed by atoms with Gasteiger partial charge >= 0.3 is 6.18 Å². The van der Waals surface area contributed by atoms with E-state index in [0.29, 0.717) is 0 Å². The van der Waals surface area contributed by atoms with Gasteiger partial charge in [-0.15, -0.1) is 0 Å². The maximum atomic E-state index is 12.1. The van der Waals surface area contributed by atoms with E-state index in [2.05, 4.69) is 15.3 Å². The van der Waals surface area contributed by atoms with E-state index >= 15 is 0 Å². The molecule has 0 unspecified atom stereocenters. The standard InChI is InChI=1S/C14H14F3N3/c1-10(20-8-14(15,16)17)11-2-4-12(5-3-11)13-6-18-9-19-7-13/h2-7,9-10,20H,8H2,1H3/t10-/m1/s1. The number of halogens is 3. The molecule has 6 heteroatoms. The third kappa shape index (κ3) is 4.03. The van der Waals surface area contributed by atoms with Gasteiger partial charge < -0.3 is 5.32 Å². The predicted molar refractivity (Wildman–Crippen MR) is 69.9 cm³/mol. The van der Waals surface area contributed by atoms with E-state index in [1.54, 1.807) is 31.5 Å². The van der Waals surface area contributed by atoms with Crippen LogP contribution in [0.4, 0.5) is 13.2 Å². The summed E-state index contributed by atoms with van der Waals surface area (Å²) in [6, 6.07) is 6.93. The second-order valence-corrected chi connectivity index (χ2v) is 4.47. The largest absolute Gasteiger partial charge is 0.401 e. The van der Waals surface area contributed by atoms with Crippen LogP contribution >= 0.6 is 0 Å². The molecule has 2 rings (SSSR count). The lowest BCUT2D eigenvalue weighted by atomic mass is 10.0. The molecule has 2 aromatic rings. The summed E-state index contributed by atoms with van der Waals surface area (Å²) in [6.45, 7) is 0.703. The molecule has 0 aliphatic carbocycles. The van der Waals surface area contributed by atoms with Crippen molar-refractivity contribution < 1.29 is 13.2 Å². The first-order valence-corrected chi connectivity index (χ1v) is 6.11. The molecule has 0 bridgehead atoms. The molecule has 0 fully saturated rings. The molecule has 0 saturated carbocycles. The lowest BCUT2D eigenvalue weighted by molar-refractivity contribution is -0.126. The van der Waals surface area contributed by atoms with Crippen LogP contribution in [0.2, 0.25) is 0 Å². The van der Waals surface area contributed by atoms with Gasteiger partial charge in [0.05, 0.1) is 6.54 Å². The van der Waals surface area contributed by atoms with Gasteiger partial charge in [0.25, 0.3) is 0 Å². The number of rotatable bonds is 4. The number of nitrogens with zero attached hydrogens (tertiary/aromatic N) is 2. The third-order valence-corrected chi connectivity index (χ3v) is 2.91. The van der Waals surface area contributed by atoms with Crippen molar-refractivity contribution in [2.24, 2.45) is 0 Å². The minimum absolute atomic E-state index is 0.363. The van der Waals surface area contributed by atoms with Crippen molar-refractivity contribution in [3.8, 4) is 11.1 Å². The molecule has 3 nitrogen and oxygen atoms in total. The van der Waals surface area contributed by atoms with Gasteiger partial charge in [0.1, 0.15) is 6.33 Å². The summed E-state index contributed by atoms with van der Waals surface area (Å²) in [6.07, 6.45) is 0.622. The Hall–Kier alpha value is -1.95. The van der Waals surface area contributed by atoms with Crippen LogP contribution in [0.3, 0.4) is 0 Å². The predicted octanol–water partition coefficient (Wildman–Crippen LogP) is 3.36. The molecule has 0 spiro atoms. The average molecular weight is 281 g/mol. The van der Waals surface area contributed by atoms with E-state index in [1.807, 2.05) is 12.1 Å². The highest BCUT2D eigenvalue weighted by molar-refractivity contribution is 5.61. The fourth-order valence-electron chi connectivity index (χ4n) is 1.80. The number of hydrogen-bond acceptors (Lipinski definition) is 3. The molecule has 0 saturated heterocycles.